The average molecular weight is 288 g/mol. The molecule has 4 heteroatoms. The highest BCUT2D eigenvalue weighted by atomic mass is 16.5. The number of rotatable bonds is 2. The van der Waals surface area contributed by atoms with Crippen LogP contribution in [0.2, 0.25) is 0 Å². The molecule has 2 aliphatic rings. The Kier molecular flexibility index (Phi) is 4.00. The van der Waals surface area contributed by atoms with E-state index < -0.39 is 0 Å². The second-order valence-electron chi connectivity index (χ2n) is 6.54. The smallest absolute Gasteiger partial charge is 0.223 e. The Bertz CT molecular complexity index is 505. The van der Waals surface area contributed by atoms with Crippen LogP contribution in [-0.2, 0) is 9.53 Å². The lowest BCUT2D eigenvalue weighted by atomic mass is 9.86. The van der Waals surface area contributed by atoms with Gasteiger partial charge in [0.05, 0.1) is 13.2 Å². The first-order valence-electron chi connectivity index (χ1n) is 7.70. The van der Waals surface area contributed by atoms with E-state index >= 15 is 0 Å². The van der Waals surface area contributed by atoms with Crippen LogP contribution in [0, 0.1) is 5.41 Å². The highest BCUT2D eigenvalue weighted by molar-refractivity contribution is 5.79. The van der Waals surface area contributed by atoms with Crippen LogP contribution in [0.5, 0.6) is 0 Å². The van der Waals surface area contributed by atoms with Gasteiger partial charge >= 0.3 is 0 Å². The second kappa shape index (κ2) is 5.78. The first kappa shape index (κ1) is 14.5. The van der Waals surface area contributed by atoms with Crippen LogP contribution >= 0.6 is 0 Å². The predicted octanol–water partition coefficient (Wildman–Crippen LogP) is 1.93. The van der Waals surface area contributed by atoms with Crippen molar-refractivity contribution < 1.29 is 9.53 Å². The van der Waals surface area contributed by atoms with Gasteiger partial charge in [0.2, 0.25) is 5.91 Å². The Hall–Kier alpha value is -1.39. The number of hydrogen-bond acceptors (Lipinski definition) is 3. The zero-order chi connectivity index (χ0) is 14.9. The van der Waals surface area contributed by atoms with Crippen LogP contribution in [0.3, 0.4) is 0 Å². The summed E-state index contributed by atoms with van der Waals surface area (Å²) in [6.07, 6.45) is 0.613. The molecule has 0 N–H and O–H groups in total. The first-order valence-corrected chi connectivity index (χ1v) is 7.70. The highest BCUT2D eigenvalue weighted by Gasteiger charge is 2.44. The number of ether oxygens (including phenoxy) is 1. The van der Waals surface area contributed by atoms with Gasteiger partial charge in [-0.3, -0.25) is 9.69 Å². The zero-order valence-electron chi connectivity index (χ0n) is 12.9. The minimum absolute atomic E-state index is 0.0363. The molecule has 0 saturated carbocycles. The van der Waals surface area contributed by atoms with Crippen LogP contribution < -0.4 is 0 Å². The average Bonchev–Trinajstić information content (AvgIpc) is 2.65. The largest absolute Gasteiger partial charge is 0.379 e. The topological polar surface area (TPSA) is 32.8 Å². The molecular weight excluding hydrogens is 264 g/mol. The molecule has 2 heterocycles. The van der Waals surface area contributed by atoms with Crippen LogP contribution in [0.15, 0.2) is 30.3 Å². The van der Waals surface area contributed by atoms with Crippen molar-refractivity contribution in [1.82, 2.24) is 9.80 Å². The van der Waals surface area contributed by atoms with E-state index in [1.165, 1.54) is 5.56 Å². The van der Waals surface area contributed by atoms with E-state index in [9.17, 15) is 4.79 Å². The van der Waals surface area contributed by atoms with Crippen molar-refractivity contribution in [3.63, 3.8) is 0 Å². The molecule has 2 saturated heterocycles. The minimum Gasteiger partial charge on any atom is -0.379 e. The van der Waals surface area contributed by atoms with Crippen molar-refractivity contribution in [3.05, 3.63) is 35.9 Å². The maximum atomic E-state index is 12.0. The van der Waals surface area contributed by atoms with Crippen molar-refractivity contribution in [2.24, 2.45) is 5.41 Å². The zero-order valence-corrected chi connectivity index (χ0v) is 12.9. The molecule has 1 aromatic carbocycles. The van der Waals surface area contributed by atoms with Crippen LogP contribution in [-0.4, -0.2) is 55.6 Å². The lowest BCUT2D eigenvalue weighted by molar-refractivity contribution is -0.126. The summed E-state index contributed by atoms with van der Waals surface area (Å²) in [5, 5.41) is 0. The Morgan fingerprint density at radius 1 is 1.24 bits per heavy atom. The summed E-state index contributed by atoms with van der Waals surface area (Å²) in [6.45, 7) is 6.35. The van der Waals surface area contributed by atoms with Gasteiger partial charge in [-0.2, -0.15) is 0 Å². The Labute approximate surface area is 126 Å². The molecule has 0 aliphatic carbocycles. The number of carbonyl (C=O) groups is 1. The van der Waals surface area contributed by atoms with Gasteiger partial charge in [-0.25, -0.2) is 0 Å². The molecule has 21 heavy (non-hydrogen) atoms. The molecule has 2 atom stereocenters. The van der Waals surface area contributed by atoms with Crippen molar-refractivity contribution >= 4 is 5.91 Å². The molecule has 0 radical (unpaired) electrons. The molecule has 1 aromatic rings. The SMILES string of the molecule is CC(c1ccccc1)N1CCOCC2(CC(=O)N(C)C2)C1. The molecule has 2 aliphatic heterocycles. The number of nitrogens with zero attached hydrogens (tertiary/aromatic N) is 2. The van der Waals surface area contributed by atoms with E-state index in [0.717, 1.165) is 26.2 Å². The Morgan fingerprint density at radius 2 is 2.00 bits per heavy atom. The standard InChI is InChI=1S/C17H24N2O2/c1-14(15-6-4-3-5-7-15)19-8-9-21-13-17(12-19)10-16(20)18(2)11-17/h3-7,14H,8-13H2,1-2H3. The van der Waals surface area contributed by atoms with Gasteiger partial charge in [-0.1, -0.05) is 30.3 Å². The Balaban J connectivity index is 1.78. The normalized spacial score (nSPS) is 28.9. The van der Waals surface area contributed by atoms with Crippen molar-refractivity contribution in [1.29, 1.82) is 0 Å². The number of benzene rings is 1. The van der Waals surface area contributed by atoms with Crippen molar-refractivity contribution in [3.8, 4) is 0 Å². The molecule has 3 rings (SSSR count). The van der Waals surface area contributed by atoms with Gasteiger partial charge in [0.15, 0.2) is 0 Å². The van der Waals surface area contributed by atoms with Crippen molar-refractivity contribution in [2.45, 2.75) is 19.4 Å². The monoisotopic (exact) mass is 288 g/mol. The molecular formula is C17H24N2O2. The fraction of sp³-hybridized carbons (Fsp3) is 0.588. The summed E-state index contributed by atoms with van der Waals surface area (Å²) in [6, 6.07) is 10.9. The molecule has 1 spiro atoms. The van der Waals surface area contributed by atoms with Gasteiger partial charge in [0.25, 0.3) is 0 Å². The number of carbonyl (C=O) groups excluding carboxylic acids is 1. The van der Waals surface area contributed by atoms with Gasteiger partial charge in [0, 0.05) is 44.6 Å². The summed E-state index contributed by atoms with van der Waals surface area (Å²) in [5.74, 6) is 0.243. The molecule has 1 amide bonds. The van der Waals surface area contributed by atoms with Gasteiger partial charge in [-0.05, 0) is 12.5 Å². The molecule has 4 nitrogen and oxygen atoms in total. The quantitative estimate of drug-likeness (QED) is 0.833. The van der Waals surface area contributed by atoms with E-state index in [0.29, 0.717) is 19.1 Å². The van der Waals surface area contributed by atoms with E-state index in [-0.39, 0.29) is 11.3 Å². The summed E-state index contributed by atoms with van der Waals surface area (Å²) in [4.78, 5) is 16.3. The van der Waals surface area contributed by atoms with E-state index in [2.05, 4.69) is 36.1 Å². The highest BCUT2D eigenvalue weighted by Crippen LogP contribution is 2.36. The fourth-order valence-electron chi connectivity index (χ4n) is 3.60. The maximum Gasteiger partial charge on any atom is 0.223 e. The summed E-state index contributed by atoms with van der Waals surface area (Å²) in [5.41, 5.74) is 1.29. The Morgan fingerprint density at radius 3 is 2.67 bits per heavy atom. The molecule has 114 valence electrons. The maximum absolute atomic E-state index is 12.0. The summed E-state index contributed by atoms with van der Waals surface area (Å²) >= 11 is 0. The molecule has 2 fully saturated rings. The number of hydrogen-bond donors (Lipinski definition) is 0. The lowest BCUT2D eigenvalue weighted by Crippen LogP contribution is -2.41. The summed E-state index contributed by atoms with van der Waals surface area (Å²) < 4.78 is 5.82. The van der Waals surface area contributed by atoms with E-state index in [1.807, 2.05) is 18.0 Å². The second-order valence-corrected chi connectivity index (χ2v) is 6.54. The third-order valence-electron chi connectivity index (χ3n) is 4.82. The first-order chi connectivity index (χ1) is 10.1. The molecule has 2 unspecified atom stereocenters. The van der Waals surface area contributed by atoms with E-state index in [4.69, 9.17) is 4.74 Å². The lowest BCUT2D eigenvalue weighted by Gasteiger charge is -2.34. The van der Waals surface area contributed by atoms with Crippen molar-refractivity contribution in [2.75, 3.05) is 39.9 Å². The van der Waals surface area contributed by atoms with Gasteiger partial charge in [-0.15, -0.1) is 0 Å². The number of amides is 1. The van der Waals surface area contributed by atoms with E-state index in [1.54, 1.807) is 0 Å². The molecule has 0 bridgehead atoms. The van der Waals surface area contributed by atoms with Crippen LogP contribution in [0.1, 0.15) is 24.9 Å². The third-order valence-corrected chi connectivity index (χ3v) is 4.82. The van der Waals surface area contributed by atoms with Gasteiger partial charge in [0.1, 0.15) is 0 Å². The minimum atomic E-state index is -0.0363. The molecule has 0 aromatic heterocycles. The van der Waals surface area contributed by atoms with Crippen LogP contribution in [0.4, 0.5) is 0 Å². The number of likely N-dealkylation sites (tertiary alicyclic amines) is 1. The fourth-order valence-corrected chi connectivity index (χ4v) is 3.60. The third kappa shape index (κ3) is 2.97. The predicted molar refractivity (Wildman–Crippen MR) is 81.9 cm³/mol. The van der Waals surface area contributed by atoms with Crippen LogP contribution in [0.25, 0.3) is 0 Å². The van der Waals surface area contributed by atoms with Gasteiger partial charge < -0.3 is 9.64 Å². The summed E-state index contributed by atoms with van der Waals surface area (Å²) in [7, 11) is 1.90.